The second kappa shape index (κ2) is 8.37. The van der Waals surface area contributed by atoms with Gasteiger partial charge in [-0.25, -0.2) is 4.68 Å². The number of para-hydroxylation sites is 1. The SMILES string of the molecule is Cc1c(NC(=O)CSc2nnc(-c3ccccn3)o2)c(=O)n(-c2ccccc2)n1C. The van der Waals surface area contributed by atoms with Crippen molar-refractivity contribution in [2.24, 2.45) is 7.05 Å². The van der Waals surface area contributed by atoms with E-state index in [-0.39, 0.29) is 34.0 Å². The Hall–Kier alpha value is -3.66. The summed E-state index contributed by atoms with van der Waals surface area (Å²) in [5.74, 6) is -0.0464. The smallest absolute Gasteiger partial charge is 0.295 e. The highest BCUT2D eigenvalue weighted by Gasteiger charge is 2.19. The van der Waals surface area contributed by atoms with E-state index in [1.165, 1.54) is 4.68 Å². The van der Waals surface area contributed by atoms with E-state index in [1.807, 2.05) is 36.4 Å². The molecule has 3 aromatic heterocycles. The highest BCUT2D eigenvalue weighted by molar-refractivity contribution is 7.99. The Kier molecular flexibility index (Phi) is 5.48. The molecule has 1 N–H and O–H groups in total. The summed E-state index contributed by atoms with van der Waals surface area (Å²) in [6.07, 6.45) is 1.63. The number of amides is 1. The van der Waals surface area contributed by atoms with Crippen LogP contribution in [0.3, 0.4) is 0 Å². The molecule has 0 spiro atoms. The minimum absolute atomic E-state index is 0.0168. The molecule has 0 aliphatic rings. The summed E-state index contributed by atoms with van der Waals surface area (Å²) in [7, 11) is 1.77. The largest absolute Gasteiger partial charge is 0.410 e. The highest BCUT2D eigenvalue weighted by Crippen LogP contribution is 2.22. The average molecular weight is 422 g/mol. The van der Waals surface area contributed by atoms with Crippen LogP contribution >= 0.6 is 11.8 Å². The van der Waals surface area contributed by atoms with E-state index in [9.17, 15) is 9.59 Å². The van der Waals surface area contributed by atoms with E-state index in [2.05, 4.69) is 20.5 Å². The number of aromatic nitrogens is 5. The third-order valence-corrected chi connectivity index (χ3v) is 5.25. The standard InChI is InChI=1S/C20H18N6O3S/c1-13-17(19(28)26(25(13)2)14-8-4-3-5-9-14)22-16(27)12-30-20-24-23-18(29-20)15-10-6-7-11-21-15/h3-11H,12H2,1-2H3,(H,22,27). The van der Waals surface area contributed by atoms with Crippen molar-refractivity contribution in [1.29, 1.82) is 0 Å². The molecule has 0 fully saturated rings. The molecule has 0 saturated carbocycles. The van der Waals surface area contributed by atoms with E-state index < -0.39 is 0 Å². The number of nitrogens with one attached hydrogen (secondary N) is 1. The monoisotopic (exact) mass is 422 g/mol. The predicted molar refractivity (Wildman–Crippen MR) is 113 cm³/mol. The number of carbonyl (C=O) groups excluding carboxylic acids is 1. The molecule has 4 rings (SSSR count). The minimum Gasteiger partial charge on any atom is -0.410 e. The van der Waals surface area contributed by atoms with Gasteiger partial charge in [0.15, 0.2) is 0 Å². The Balaban J connectivity index is 1.45. The number of hydrogen-bond acceptors (Lipinski definition) is 7. The molecule has 30 heavy (non-hydrogen) atoms. The van der Waals surface area contributed by atoms with Crippen molar-refractivity contribution in [2.75, 3.05) is 11.1 Å². The van der Waals surface area contributed by atoms with Crippen molar-refractivity contribution in [3.05, 3.63) is 70.8 Å². The van der Waals surface area contributed by atoms with Crippen LogP contribution in [0.5, 0.6) is 0 Å². The summed E-state index contributed by atoms with van der Waals surface area (Å²) < 4.78 is 8.74. The Morgan fingerprint density at radius 1 is 1.13 bits per heavy atom. The maximum Gasteiger partial charge on any atom is 0.295 e. The predicted octanol–water partition coefficient (Wildman–Crippen LogP) is 2.66. The van der Waals surface area contributed by atoms with Gasteiger partial charge in [-0.2, -0.15) is 0 Å². The molecular formula is C20H18N6O3S. The molecule has 0 aliphatic heterocycles. The van der Waals surface area contributed by atoms with E-state index in [0.717, 1.165) is 17.4 Å². The fraction of sp³-hybridized carbons (Fsp3) is 0.150. The molecule has 0 aliphatic carbocycles. The minimum atomic E-state index is -0.344. The molecule has 10 heteroatoms. The van der Waals surface area contributed by atoms with Crippen LogP contribution in [0.4, 0.5) is 5.69 Å². The molecule has 1 amide bonds. The third-order valence-electron chi connectivity index (χ3n) is 4.44. The number of thioether (sulfide) groups is 1. The molecule has 0 atom stereocenters. The van der Waals surface area contributed by atoms with Crippen LogP contribution < -0.4 is 10.9 Å². The second-order valence-electron chi connectivity index (χ2n) is 6.36. The molecule has 1 aromatic carbocycles. The molecule has 0 radical (unpaired) electrons. The van der Waals surface area contributed by atoms with Crippen molar-refractivity contribution in [3.8, 4) is 17.3 Å². The van der Waals surface area contributed by atoms with Crippen LogP contribution in [0.2, 0.25) is 0 Å². The van der Waals surface area contributed by atoms with Crippen LogP contribution in [0.15, 0.2) is 69.2 Å². The molecule has 0 unspecified atom stereocenters. The highest BCUT2D eigenvalue weighted by atomic mass is 32.2. The van der Waals surface area contributed by atoms with Gasteiger partial charge in [-0.15, -0.1) is 10.2 Å². The number of hydrogen-bond donors (Lipinski definition) is 1. The number of pyridine rings is 1. The van der Waals surface area contributed by atoms with Gasteiger partial charge in [-0.05, 0) is 31.2 Å². The van der Waals surface area contributed by atoms with Gasteiger partial charge in [-0.3, -0.25) is 19.3 Å². The molecular weight excluding hydrogens is 404 g/mol. The van der Waals surface area contributed by atoms with Gasteiger partial charge in [0.2, 0.25) is 5.91 Å². The topological polar surface area (TPSA) is 108 Å². The number of anilines is 1. The van der Waals surface area contributed by atoms with Crippen molar-refractivity contribution in [1.82, 2.24) is 24.5 Å². The lowest BCUT2D eigenvalue weighted by atomic mass is 10.3. The third kappa shape index (κ3) is 3.90. The Bertz CT molecular complexity index is 1230. The van der Waals surface area contributed by atoms with Crippen LogP contribution in [-0.4, -0.2) is 36.2 Å². The first-order chi connectivity index (χ1) is 14.5. The summed E-state index contributed by atoms with van der Waals surface area (Å²) in [6.45, 7) is 1.78. The van der Waals surface area contributed by atoms with E-state index in [1.54, 1.807) is 37.0 Å². The summed E-state index contributed by atoms with van der Waals surface area (Å²) in [5, 5.41) is 10.8. The maximum absolute atomic E-state index is 12.9. The van der Waals surface area contributed by atoms with Crippen LogP contribution in [0.1, 0.15) is 5.69 Å². The Morgan fingerprint density at radius 2 is 1.90 bits per heavy atom. The lowest BCUT2D eigenvalue weighted by Gasteiger charge is -2.07. The van der Waals surface area contributed by atoms with Gasteiger partial charge >= 0.3 is 0 Å². The first kappa shape index (κ1) is 19.6. The van der Waals surface area contributed by atoms with E-state index >= 15 is 0 Å². The Morgan fingerprint density at radius 3 is 2.63 bits per heavy atom. The van der Waals surface area contributed by atoms with Crippen LogP contribution in [0, 0.1) is 6.92 Å². The second-order valence-corrected chi connectivity index (χ2v) is 7.29. The van der Waals surface area contributed by atoms with Gasteiger partial charge < -0.3 is 9.73 Å². The number of carbonyl (C=O) groups is 1. The summed E-state index contributed by atoms with van der Waals surface area (Å²) in [5.41, 5.74) is 1.87. The first-order valence-corrected chi connectivity index (χ1v) is 10.0. The van der Waals surface area contributed by atoms with Gasteiger partial charge in [0, 0.05) is 13.2 Å². The molecule has 9 nitrogen and oxygen atoms in total. The first-order valence-electron chi connectivity index (χ1n) is 9.06. The zero-order valence-corrected chi connectivity index (χ0v) is 17.1. The fourth-order valence-corrected chi connectivity index (χ4v) is 3.44. The normalized spacial score (nSPS) is 10.9. The quantitative estimate of drug-likeness (QED) is 0.476. The molecule has 4 aromatic rings. The lowest BCUT2D eigenvalue weighted by Crippen LogP contribution is -2.23. The zero-order chi connectivity index (χ0) is 21.1. The number of rotatable bonds is 6. The van der Waals surface area contributed by atoms with Crippen LogP contribution in [0.25, 0.3) is 17.3 Å². The maximum atomic E-state index is 12.9. The number of benzene rings is 1. The van der Waals surface area contributed by atoms with Gasteiger partial charge in [0.1, 0.15) is 11.4 Å². The van der Waals surface area contributed by atoms with Gasteiger partial charge in [0.25, 0.3) is 16.7 Å². The van der Waals surface area contributed by atoms with Crippen molar-refractivity contribution in [2.45, 2.75) is 12.1 Å². The summed E-state index contributed by atoms with van der Waals surface area (Å²) in [4.78, 5) is 29.4. The van der Waals surface area contributed by atoms with E-state index in [4.69, 9.17) is 4.42 Å². The molecule has 3 heterocycles. The molecule has 152 valence electrons. The average Bonchev–Trinajstić information content (AvgIpc) is 3.33. The summed E-state index contributed by atoms with van der Waals surface area (Å²) >= 11 is 1.09. The van der Waals surface area contributed by atoms with Crippen molar-refractivity contribution in [3.63, 3.8) is 0 Å². The Labute approximate surface area is 175 Å². The fourth-order valence-electron chi connectivity index (χ4n) is 2.88. The lowest BCUT2D eigenvalue weighted by molar-refractivity contribution is -0.113. The van der Waals surface area contributed by atoms with Crippen molar-refractivity contribution >= 4 is 23.4 Å². The molecule has 0 bridgehead atoms. The number of nitrogens with zero attached hydrogens (tertiary/aromatic N) is 5. The van der Waals surface area contributed by atoms with Gasteiger partial charge in [0.05, 0.1) is 17.1 Å². The van der Waals surface area contributed by atoms with Crippen LogP contribution in [-0.2, 0) is 11.8 Å². The molecule has 0 saturated heterocycles. The van der Waals surface area contributed by atoms with Crippen molar-refractivity contribution < 1.29 is 9.21 Å². The van der Waals surface area contributed by atoms with E-state index in [0.29, 0.717) is 11.4 Å². The summed E-state index contributed by atoms with van der Waals surface area (Å²) in [6, 6.07) is 14.6. The van der Waals surface area contributed by atoms with Gasteiger partial charge in [-0.1, -0.05) is 36.0 Å². The zero-order valence-electron chi connectivity index (χ0n) is 16.3.